The third-order valence-electron chi connectivity index (χ3n) is 3.66. The minimum Gasteiger partial charge on any atom is -0.494 e. The minimum absolute atomic E-state index is 0.194. The molecule has 1 aromatic heterocycles. The maximum atomic E-state index is 11.7. The van der Waals surface area contributed by atoms with Gasteiger partial charge >= 0.3 is 5.69 Å². The Morgan fingerprint density at radius 3 is 2.78 bits per heavy atom. The van der Waals surface area contributed by atoms with Gasteiger partial charge in [-0.3, -0.25) is 14.3 Å². The Kier molecular flexibility index (Phi) is 3.56. The molecule has 0 radical (unpaired) electrons. The Bertz CT molecular complexity index is 546. The molecule has 1 atom stereocenters. The molecule has 0 amide bonds. The zero-order chi connectivity index (χ0) is 13.3. The van der Waals surface area contributed by atoms with Crippen LogP contribution in [0.3, 0.4) is 0 Å². The Hall–Kier alpha value is -1.56. The van der Waals surface area contributed by atoms with E-state index in [1.807, 2.05) is 0 Å². The Balaban J connectivity index is 2.23. The van der Waals surface area contributed by atoms with E-state index in [4.69, 9.17) is 0 Å². The molecule has 6 nitrogen and oxygen atoms in total. The predicted molar refractivity (Wildman–Crippen MR) is 67.9 cm³/mol. The van der Waals surface area contributed by atoms with Crippen LogP contribution >= 0.6 is 0 Å². The molecule has 1 unspecified atom stereocenters. The fourth-order valence-corrected chi connectivity index (χ4v) is 2.44. The van der Waals surface area contributed by atoms with Gasteiger partial charge < -0.3 is 10.0 Å². The number of hydrogen-bond acceptors (Lipinski definition) is 4. The van der Waals surface area contributed by atoms with Crippen molar-refractivity contribution in [2.45, 2.75) is 26.8 Å². The van der Waals surface area contributed by atoms with Gasteiger partial charge in [-0.2, -0.15) is 0 Å². The highest BCUT2D eigenvalue weighted by Crippen LogP contribution is 2.19. The molecule has 18 heavy (non-hydrogen) atoms. The monoisotopic (exact) mass is 253 g/mol. The standard InChI is InChI=1S/C12H19N3O3/c1-3-14-5-4-9(6-14)7-15-11(17)8(2)10(16)13-12(15)18/h9,17H,3-7H2,1-2H3,(H,13,16,18). The molecular weight excluding hydrogens is 234 g/mol. The summed E-state index contributed by atoms with van der Waals surface area (Å²) in [6.07, 6.45) is 1.01. The first kappa shape index (κ1) is 12.9. The van der Waals surface area contributed by atoms with E-state index in [1.165, 1.54) is 11.5 Å². The van der Waals surface area contributed by atoms with E-state index in [2.05, 4.69) is 16.8 Å². The number of rotatable bonds is 3. The molecule has 6 heteroatoms. The van der Waals surface area contributed by atoms with Gasteiger partial charge in [0.25, 0.3) is 5.56 Å². The molecule has 1 aliphatic rings. The van der Waals surface area contributed by atoms with Gasteiger partial charge in [0.2, 0.25) is 5.88 Å². The van der Waals surface area contributed by atoms with Crippen LogP contribution in [-0.2, 0) is 6.54 Å². The predicted octanol–water partition coefficient (Wildman–Crippen LogP) is -0.108. The normalized spacial score (nSPS) is 20.4. The SMILES string of the molecule is CCN1CCC(Cn2c(O)c(C)c(=O)[nH]c2=O)C1. The lowest BCUT2D eigenvalue weighted by molar-refractivity contribution is 0.318. The van der Waals surface area contributed by atoms with Gasteiger partial charge in [-0.15, -0.1) is 0 Å². The molecule has 0 aromatic carbocycles. The van der Waals surface area contributed by atoms with E-state index in [0.29, 0.717) is 12.5 Å². The number of nitrogens with zero attached hydrogens (tertiary/aromatic N) is 2. The number of aromatic nitrogens is 2. The summed E-state index contributed by atoms with van der Waals surface area (Å²) < 4.78 is 1.26. The van der Waals surface area contributed by atoms with Crippen LogP contribution in [-0.4, -0.2) is 39.2 Å². The van der Waals surface area contributed by atoms with E-state index in [-0.39, 0.29) is 11.4 Å². The summed E-state index contributed by atoms with van der Waals surface area (Å²) in [6.45, 7) is 7.04. The summed E-state index contributed by atoms with van der Waals surface area (Å²) in [5, 5.41) is 9.87. The second-order valence-corrected chi connectivity index (χ2v) is 4.87. The van der Waals surface area contributed by atoms with Gasteiger partial charge in [0.05, 0.1) is 5.56 Å². The summed E-state index contributed by atoms with van der Waals surface area (Å²) in [7, 11) is 0. The summed E-state index contributed by atoms with van der Waals surface area (Å²) in [6, 6.07) is 0. The van der Waals surface area contributed by atoms with Crippen LogP contribution in [0.4, 0.5) is 0 Å². The number of hydrogen-bond donors (Lipinski definition) is 2. The topological polar surface area (TPSA) is 78.3 Å². The molecule has 2 N–H and O–H groups in total. The van der Waals surface area contributed by atoms with E-state index >= 15 is 0 Å². The Labute approximate surface area is 105 Å². The maximum absolute atomic E-state index is 11.7. The maximum Gasteiger partial charge on any atom is 0.331 e. The molecule has 2 rings (SSSR count). The van der Waals surface area contributed by atoms with Crippen molar-refractivity contribution >= 4 is 0 Å². The van der Waals surface area contributed by atoms with Crippen molar-refractivity contribution in [2.24, 2.45) is 5.92 Å². The van der Waals surface area contributed by atoms with E-state index in [1.54, 1.807) is 0 Å². The first-order valence-corrected chi connectivity index (χ1v) is 6.28. The molecule has 0 spiro atoms. The highest BCUT2D eigenvalue weighted by atomic mass is 16.3. The van der Waals surface area contributed by atoms with E-state index in [0.717, 1.165) is 26.1 Å². The Morgan fingerprint density at radius 2 is 2.17 bits per heavy atom. The second kappa shape index (κ2) is 4.97. The molecule has 100 valence electrons. The van der Waals surface area contributed by atoms with Gasteiger partial charge in [0.15, 0.2) is 0 Å². The lowest BCUT2D eigenvalue weighted by Crippen LogP contribution is -2.33. The molecule has 2 heterocycles. The van der Waals surface area contributed by atoms with Crippen molar-refractivity contribution in [3.63, 3.8) is 0 Å². The minimum atomic E-state index is -0.530. The van der Waals surface area contributed by atoms with Crippen LogP contribution in [0.1, 0.15) is 18.9 Å². The smallest absolute Gasteiger partial charge is 0.331 e. The van der Waals surface area contributed by atoms with Gasteiger partial charge in [-0.05, 0) is 32.4 Å². The second-order valence-electron chi connectivity index (χ2n) is 4.87. The zero-order valence-corrected chi connectivity index (χ0v) is 10.8. The van der Waals surface area contributed by atoms with Crippen molar-refractivity contribution < 1.29 is 5.11 Å². The number of aromatic amines is 1. The largest absolute Gasteiger partial charge is 0.494 e. The van der Waals surface area contributed by atoms with Gasteiger partial charge in [-0.1, -0.05) is 6.92 Å². The van der Waals surface area contributed by atoms with Crippen LogP contribution in [0.2, 0.25) is 0 Å². The van der Waals surface area contributed by atoms with Gasteiger partial charge in [-0.25, -0.2) is 4.79 Å². The average Bonchev–Trinajstić information content (AvgIpc) is 2.80. The van der Waals surface area contributed by atoms with E-state index in [9.17, 15) is 14.7 Å². The average molecular weight is 253 g/mol. The van der Waals surface area contributed by atoms with Crippen LogP contribution < -0.4 is 11.2 Å². The van der Waals surface area contributed by atoms with Crippen molar-refractivity contribution in [3.05, 3.63) is 26.4 Å². The third-order valence-corrected chi connectivity index (χ3v) is 3.66. The van der Waals surface area contributed by atoms with Gasteiger partial charge in [0.1, 0.15) is 0 Å². The van der Waals surface area contributed by atoms with Crippen molar-refractivity contribution in [1.82, 2.24) is 14.5 Å². The fourth-order valence-electron chi connectivity index (χ4n) is 2.44. The highest BCUT2D eigenvalue weighted by Gasteiger charge is 2.23. The van der Waals surface area contributed by atoms with Crippen LogP contribution in [0, 0.1) is 12.8 Å². The first-order chi connectivity index (χ1) is 8.52. The van der Waals surface area contributed by atoms with Gasteiger partial charge in [0, 0.05) is 13.1 Å². The van der Waals surface area contributed by atoms with Crippen molar-refractivity contribution in [3.8, 4) is 5.88 Å². The third kappa shape index (κ3) is 2.33. The van der Waals surface area contributed by atoms with Crippen LogP contribution in [0.15, 0.2) is 9.59 Å². The molecular formula is C12H19N3O3. The molecule has 1 aliphatic heterocycles. The lowest BCUT2D eigenvalue weighted by atomic mass is 10.1. The zero-order valence-electron chi connectivity index (χ0n) is 10.8. The molecule has 0 bridgehead atoms. The molecule has 0 aliphatic carbocycles. The number of likely N-dealkylation sites (tertiary alicyclic amines) is 1. The quantitative estimate of drug-likeness (QED) is 0.788. The van der Waals surface area contributed by atoms with Crippen molar-refractivity contribution in [1.29, 1.82) is 0 Å². The fraction of sp³-hybridized carbons (Fsp3) is 0.667. The molecule has 1 aromatic rings. The number of nitrogens with one attached hydrogen (secondary N) is 1. The van der Waals surface area contributed by atoms with Crippen LogP contribution in [0.5, 0.6) is 5.88 Å². The summed E-state index contributed by atoms with van der Waals surface area (Å²) in [4.78, 5) is 27.5. The summed E-state index contributed by atoms with van der Waals surface area (Å²) in [5.41, 5.74) is -0.853. The summed E-state index contributed by atoms with van der Waals surface area (Å²) >= 11 is 0. The lowest BCUT2D eigenvalue weighted by Gasteiger charge is -2.15. The Morgan fingerprint density at radius 1 is 1.44 bits per heavy atom. The highest BCUT2D eigenvalue weighted by molar-refractivity contribution is 5.20. The molecule has 1 fully saturated rings. The molecule has 0 saturated carbocycles. The summed E-state index contributed by atoms with van der Waals surface area (Å²) in [5.74, 6) is 0.137. The van der Waals surface area contributed by atoms with E-state index < -0.39 is 11.2 Å². The van der Waals surface area contributed by atoms with Crippen LogP contribution in [0.25, 0.3) is 0 Å². The molecule has 1 saturated heterocycles. The number of aromatic hydroxyl groups is 1. The first-order valence-electron chi connectivity index (χ1n) is 6.28. The van der Waals surface area contributed by atoms with Crippen molar-refractivity contribution in [2.75, 3.05) is 19.6 Å². The number of H-pyrrole nitrogens is 1.